The molecule has 5 nitrogen and oxygen atoms in total. The maximum atomic E-state index is 11.9. The summed E-state index contributed by atoms with van der Waals surface area (Å²) >= 11 is 1.05. The number of hydrogen-bond donors (Lipinski definition) is 1. The minimum atomic E-state index is -4.69. The Labute approximate surface area is 117 Å². The maximum absolute atomic E-state index is 11.9. The van der Waals surface area contributed by atoms with E-state index in [1.54, 1.807) is 13.8 Å². The molecular weight excluding hydrogens is 299 g/mol. The second-order valence-corrected chi connectivity index (χ2v) is 4.62. The van der Waals surface area contributed by atoms with Crippen molar-refractivity contribution < 1.29 is 22.7 Å². The summed E-state index contributed by atoms with van der Waals surface area (Å²) in [5, 5.41) is 0. The van der Waals surface area contributed by atoms with Crippen LogP contribution in [0.2, 0.25) is 0 Å². The summed E-state index contributed by atoms with van der Waals surface area (Å²) in [7, 11) is 0. The minimum Gasteiger partial charge on any atom is -0.406 e. The largest absolute Gasteiger partial charge is 0.573 e. The van der Waals surface area contributed by atoms with Crippen molar-refractivity contribution in [3.63, 3.8) is 0 Å². The Hall–Kier alpha value is -1.77. The number of carbonyl (C=O) groups excluding carboxylic acids is 1. The molecule has 1 rings (SSSR count). The smallest absolute Gasteiger partial charge is 0.406 e. The number of halogens is 3. The fraction of sp³-hybridized carbons (Fsp3) is 0.364. The van der Waals surface area contributed by atoms with Gasteiger partial charge in [0.25, 0.3) is 0 Å². The molecule has 0 radical (unpaired) electrons. The van der Waals surface area contributed by atoms with Gasteiger partial charge in [-0.15, -0.1) is 13.2 Å². The second kappa shape index (κ2) is 8.41. The van der Waals surface area contributed by atoms with E-state index in [2.05, 4.69) is 9.46 Å². The highest BCUT2D eigenvalue weighted by molar-refractivity contribution is 7.98. The summed E-state index contributed by atoms with van der Waals surface area (Å²) in [6.07, 6.45) is -4.69. The molecule has 1 aromatic carbocycles. The van der Waals surface area contributed by atoms with Crippen molar-refractivity contribution in [2.24, 2.45) is 5.92 Å². The van der Waals surface area contributed by atoms with E-state index in [1.165, 1.54) is 24.3 Å². The minimum absolute atomic E-state index is 0.143. The van der Waals surface area contributed by atoms with Crippen molar-refractivity contribution in [2.45, 2.75) is 25.1 Å². The van der Waals surface area contributed by atoms with Gasteiger partial charge < -0.3 is 4.74 Å². The molecule has 0 saturated heterocycles. The zero-order valence-electron chi connectivity index (χ0n) is 10.6. The highest BCUT2D eigenvalue weighted by atomic mass is 32.2. The Morgan fingerprint density at radius 2 is 1.70 bits per heavy atom. The van der Waals surface area contributed by atoms with Crippen molar-refractivity contribution >= 4 is 17.9 Å². The third-order valence-electron chi connectivity index (χ3n) is 1.85. The molecule has 0 aliphatic heterocycles. The van der Waals surface area contributed by atoms with E-state index in [0.29, 0.717) is 4.90 Å². The normalized spacial score (nSPS) is 10.5. The molecule has 0 fully saturated rings. The molecule has 0 aliphatic rings. The van der Waals surface area contributed by atoms with E-state index in [1.807, 2.05) is 0 Å². The number of rotatable bonds is 4. The summed E-state index contributed by atoms with van der Waals surface area (Å²) in [4.78, 5) is 25.9. The topological polar surface area (TPSA) is 72.5 Å². The Kier molecular flexibility index (Phi) is 7.67. The van der Waals surface area contributed by atoms with E-state index in [9.17, 15) is 18.0 Å². The maximum Gasteiger partial charge on any atom is 0.573 e. The zero-order chi connectivity index (χ0) is 15.8. The average molecular weight is 311 g/mol. The first kappa shape index (κ1) is 18.2. The van der Waals surface area contributed by atoms with Crippen molar-refractivity contribution in [3.05, 3.63) is 34.2 Å². The first-order valence-electron chi connectivity index (χ1n) is 5.27. The van der Waals surface area contributed by atoms with Crippen LogP contribution in [0.25, 0.3) is 0 Å². The monoisotopic (exact) mass is 311 g/mol. The predicted octanol–water partition coefficient (Wildman–Crippen LogP) is 3.43. The van der Waals surface area contributed by atoms with E-state index in [0.717, 1.165) is 11.9 Å². The van der Waals surface area contributed by atoms with Gasteiger partial charge in [-0.1, -0.05) is 13.8 Å². The van der Waals surface area contributed by atoms with E-state index >= 15 is 0 Å². The lowest BCUT2D eigenvalue weighted by Crippen LogP contribution is -2.21. The summed E-state index contributed by atoms with van der Waals surface area (Å²) in [5.41, 5.74) is 0. The van der Waals surface area contributed by atoms with Crippen LogP contribution in [0.15, 0.2) is 29.2 Å². The third-order valence-corrected chi connectivity index (χ3v) is 2.66. The highest BCUT2D eigenvalue weighted by Gasteiger charge is 2.30. The second-order valence-electron chi connectivity index (χ2n) is 3.74. The molecule has 0 saturated carbocycles. The van der Waals surface area contributed by atoms with Crippen LogP contribution in [-0.2, 0) is 4.79 Å². The van der Waals surface area contributed by atoms with Crippen molar-refractivity contribution in [1.82, 2.24) is 4.72 Å². The SMILES string of the molecule is CC(C)C(=O)NSc1ccc(OC(F)(F)F)cc1.O=O. The summed E-state index contributed by atoms with van der Waals surface area (Å²) < 4.78 is 42.0. The van der Waals surface area contributed by atoms with Crippen LogP contribution in [0.5, 0.6) is 5.75 Å². The van der Waals surface area contributed by atoms with Gasteiger partial charge in [-0.25, -0.2) is 0 Å². The summed E-state index contributed by atoms with van der Waals surface area (Å²) in [6.45, 7) is 3.49. The van der Waals surface area contributed by atoms with Gasteiger partial charge in [0.1, 0.15) is 5.75 Å². The number of benzene rings is 1. The lowest BCUT2D eigenvalue weighted by atomic mass is 10.2. The average Bonchev–Trinajstić information content (AvgIpc) is 2.38. The number of hydrogen-bond acceptors (Lipinski definition) is 5. The van der Waals surface area contributed by atoms with Gasteiger partial charge in [-0.2, -0.15) is 0 Å². The first-order valence-corrected chi connectivity index (χ1v) is 6.09. The number of nitrogens with one attached hydrogen (secondary N) is 1. The van der Waals surface area contributed by atoms with Gasteiger partial charge in [0.2, 0.25) is 5.91 Å². The molecule has 0 heterocycles. The highest BCUT2D eigenvalue weighted by Crippen LogP contribution is 2.25. The number of alkyl halides is 3. The number of amides is 1. The fourth-order valence-corrected chi connectivity index (χ4v) is 1.66. The lowest BCUT2D eigenvalue weighted by molar-refractivity contribution is -0.274. The molecular formula is C11H12F3NO4S. The van der Waals surface area contributed by atoms with Crippen LogP contribution < -0.4 is 9.46 Å². The molecule has 112 valence electrons. The van der Waals surface area contributed by atoms with Crippen LogP contribution in [0.4, 0.5) is 13.2 Å². The van der Waals surface area contributed by atoms with Crippen molar-refractivity contribution in [2.75, 3.05) is 0 Å². The van der Waals surface area contributed by atoms with Crippen LogP contribution in [-0.4, -0.2) is 12.3 Å². The van der Waals surface area contributed by atoms with Gasteiger partial charge in [-0.3, -0.25) is 9.52 Å². The molecule has 0 spiro atoms. The molecule has 0 aliphatic carbocycles. The summed E-state index contributed by atoms with van der Waals surface area (Å²) in [6, 6.07) is 5.26. The van der Waals surface area contributed by atoms with Crippen LogP contribution >= 0.6 is 11.9 Å². The van der Waals surface area contributed by atoms with Gasteiger partial charge in [0.05, 0.1) is 0 Å². The van der Waals surface area contributed by atoms with Gasteiger partial charge in [0, 0.05) is 20.7 Å². The first-order chi connectivity index (χ1) is 9.28. The zero-order valence-corrected chi connectivity index (χ0v) is 11.4. The van der Waals surface area contributed by atoms with Crippen LogP contribution in [0.3, 0.4) is 0 Å². The molecule has 9 heteroatoms. The van der Waals surface area contributed by atoms with Crippen LogP contribution in [0, 0.1) is 15.8 Å². The summed E-state index contributed by atoms with van der Waals surface area (Å²) in [5.74, 6) is -0.581. The van der Waals surface area contributed by atoms with Crippen molar-refractivity contribution in [3.8, 4) is 5.75 Å². The molecule has 20 heavy (non-hydrogen) atoms. The number of ether oxygens (including phenoxy) is 1. The molecule has 0 unspecified atom stereocenters. The Balaban J connectivity index is 0.00000172. The quantitative estimate of drug-likeness (QED) is 0.862. The molecule has 0 atom stereocenters. The Morgan fingerprint density at radius 3 is 2.10 bits per heavy atom. The standard InChI is InChI=1S/C11H12F3NO2S.O2/c1-7(2)10(16)15-18-9-5-3-8(4-6-9)17-11(12,13)14;1-2/h3-7H,1-2H3,(H,15,16);. The van der Waals surface area contributed by atoms with Crippen molar-refractivity contribution in [1.29, 1.82) is 0 Å². The van der Waals surface area contributed by atoms with Gasteiger partial charge >= 0.3 is 6.36 Å². The van der Waals surface area contributed by atoms with E-state index in [4.69, 9.17) is 9.93 Å². The van der Waals surface area contributed by atoms with Gasteiger partial charge in [-0.05, 0) is 36.2 Å². The molecule has 1 aromatic rings. The predicted molar refractivity (Wildman–Crippen MR) is 68.7 cm³/mol. The lowest BCUT2D eigenvalue weighted by Gasteiger charge is -2.09. The van der Waals surface area contributed by atoms with Gasteiger partial charge in [0.15, 0.2) is 0 Å². The fourth-order valence-electron chi connectivity index (χ4n) is 0.936. The Bertz CT molecular complexity index is 423. The van der Waals surface area contributed by atoms with E-state index < -0.39 is 6.36 Å². The van der Waals surface area contributed by atoms with E-state index in [-0.39, 0.29) is 17.6 Å². The Morgan fingerprint density at radius 1 is 1.20 bits per heavy atom. The molecule has 0 bridgehead atoms. The molecule has 0 aromatic heterocycles. The molecule has 1 amide bonds. The number of carbonyl (C=O) groups is 1. The third kappa shape index (κ3) is 7.62. The molecule has 1 N–H and O–H groups in total. The van der Waals surface area contributed by atoms with Crippen LogP contribution in [0.1, 0.15) is 13.8 Å².